The van der Waals surface area contributed by atoms with Gasteiger partial charge in [0.15, 0.2) is 0 Å². The summed E-state index contributed by atoms with van der Waals surface area (Å²) in [5.41, 5.74) is 2.65. The first-order valence-electron chi connectivity index (χ1n) is 10.7. The number of carbonyl (C=O) groups excluding carboxylic acids is 1. The standard InChI is InChI=1S/C23H29N5O2S/c1-5-8-27-9-11-28(12-10-27)21-19-16(3)20(31-23(19)25-14-24-21)22(29)26-17-13-15(2)6-7-18(17)30-4/h6-7,13-14H,5,8-12H2,1-4H3,(H,26,29). The lowest BCUT2D eigenvalue weighted by atomic mass is 10.1. The van der Waals surface area contributed by atoms with Crippen molar-refractivity contribution in [2.75, 3.05) is 50.1 Å². The van der Waals surface area contributed by atoms with E-state index < -0.39 is 0 Å². The van der Waals surface area contributed by atoms with Crippen molar-refractivity contribution in [1.82, 2.24) is 14.9 Å². The van der Waals surface area contributed by atoms with E-state index in [1.807, 2.05) is 32.0 Å². The van der Waals surface area contributed by atoms with Gasteiger partial charge in [-0.25, -0.2) is 9.97 Å². The molecule has 0 radical (unpaired) electrons. The zero-order valence-corrected chi connectivity index (χ0v) is 19.4. The number of anilines is 2. The summed E-state index contributed by atoms with van der Waals surface area (Å²) >= 11 is 1.41. The van der Waals surface area contributed by atoms with Crippen LogP contribution in [0.25, 0.3) is 10.2 Å². The van der Waals surface area contributed by atoms with Gasteiger partial charge in [0, 0.05) is 26.2 Å². The van der Waals surface area contributed by atoms with Gasteiger partial charge < -0.3 is 15.0 Å². The van der Waals surface area contributed by atoms with Gasteiger partial charge in [0.1, 0.15) is 22.7 Å². The molecule has 1 fully saturated rings. The number of nitrogens with one attached hydrogen (secondary N) is 1. The molecule has 1 aliphatic rings. The van der Waals surface area contributed by atoms with Crippen molar-refractivity contribution in [3.8, 4) is 5.75 Å². The molecule has 8 heteroatoms. The lowest BCUT2D eigenvalue weighted by Crippen LogP contribution is -2.46. The Morgan fingerprint density at radius 1 is 1.19 bits per heavy atom. The first kappa shape index (κ1) is 21.5. The fraction of sp³-hybridized carbons (Fsp3) is 0.435. The minimum Gasteiger partial charge on any atom is -0.495 e. The normalized spacial score (nSPS) is 14.8. The molecule has 0 atom stereocenters. The first-order chi connectivity index (χ1) is 15.0. The van der Waals surface area contributed by atoms with Gasteiger partial charge in [0.2, 0.25) is 0 Å². The molecule has 0 unspecified atom stereocenters. The molecule has 1 amide bonds. The fourth-order valence-electron chi connectivity index (χ4n) is 4.11. The number of amides is 1. The SMILES string of the molecule is CCCN1CCN(c2ncnc3sc(C(=O)Nc4cc(C)ccc4OC)c(C)c23)CC1. The monoisotopic (exact) mass is 439 g/mol. The van der Waals surface area contributed by atoms with E-state index in [1.165, 1.54) is 17.8 Å². The van der Waals surface area contributed by atoms with Gasteiger partial charge in [0.25, 0.3) is 5.91 Å². The summed E-state index contributed by atoms with van der Waals surface area (Å²) in [6.07, 6.45) is 2.78. The van der Waals surface area contributed by atoms with E-state index in [0.717, 1.165) is 59.9 Å². The molecule has 3 aromatic rings. The lowest BCUT2D eigenvalue weighted by Gasteiger charge is -2.35. The molecular formula is C23H29N5O2S. The van der Waals surface area contributed by atoms with Gasteiger partial charge in [-0.15, -0.1) is 11.3 Å². The van der Waals surface area contributed by atoms with Crippen LogP contribution in [-0.4, -0.2) is 60.6 Å². The predicted molar refractivity (Wildman–Crippen MR) is 127 cm³/mol. The molecular weight excluding hydrogens is 410 g/mol. The fourth-order valence-corrected chi connectivity index (χ4v) is 5.15. The van der Waals surface area contributed by atoms with E-state index in [4.69, 9.17) is 4.74 Å². The van der Waals surface area contributed by atoms with Crippen molar-refractivity contribution in [3.05, 3.63) is 40.5 Å². The average molecular weight is 440 g/mol. The van der Waals surface area contributed by atoms with Gasteiger partial charge in [-0.2, -0.15) is 0 Å². The summed E-state index contributed by atoms with van der Waals surface area (Å²) in [6, 6.07) is 5.74. The Balaban J connectivity index is 1.62. The van der Waals surface area contributed by atoms with E-state index in [-0.39, 0.29) is 5.91 Å². The molecule has 0 saturated carbocycles. The number of ether oxygens (including phenoxy) is 1. The van der Waals surface area contributed by atoms with Crippen LogP contribution in [0.15, 0.2) is 24.5 Å². The Morgan fingerprint density at radius 3 is 2.68 bits per heavy atom. The highest BCUT2D eigenvalue weighted by atomic mass is 32.1. The second-order valence-corrected chi connectivity index (χ2v) is 8.92. The van der Waals surface area contributed by atoms with Crippen molar-refractivity contribution in [1.29, 1.82) is 0 Å². The molecule has 7 nitrogen and oxygen atoms in total. The highest BCUT2D eigenvalue weighted by molar-refractivity contribution is 7.20. The number of rotatable bonds is 6. The van der Waals surface area contributed by atoms with Crippen LogP contribution in [0.5, 0.6) is 5.75 Å². The maximum absolute atomic E-state index is 13.2. The number of aromatic nitrogens is 2. The van der Waals surface area contributed by atoms with Crippen LogP contribution in [-0.2, 0) is 0 Å². The van der Waals surface area contributed by atoms with Crippen LogP contribution >= 0.6 is 11.3 Å². The third-order valence-electron chi connectivity index (χ3n) is 5.73. The number of piperazine rings is 1. The number of nitrogens with zero attached hydrogens (tertiary/aromatic N) is 4. The Bertz CT molecular complexity index is 1090. The summed E-state index contributed by atoms with van der Waals surface area (Å²) in [4.78, 5) is 28.6. The average Bonchev–Trinajstić information content (AvgIpc) is 3.12. The number of aryl methyl sites for hydroxylation is 2. The topological polar surface area (TPSA) is 70.6 Å². The summed E-state index contributed by atoms with van der Waals surface area (Å²) in [7, 11) is 1.60. The Labute approximate surface area is 187 Å². The number of thiophene rings is 1. The Morgan fingerprint density at radius 2 is 1.97 bits per heavy atom. The Hall–Kier alpha value is -2.71. The maximum atomic E-state index is 13.2. The second-order valence-electron chi connectivity index (χ2n) is 7.92. The molecule has 164 valence electrons. The first-order valence-corrected chi connectivity index (χ1v) is 11.5. The molecule has 1 aliphatic heterocycles. The van der Waals surface area contributed by atoms with Crippen molar-refractivity contribution in [2.24, 2.45) is 0 Å². The molecule has 3 heterocycles. The highest BCUT2D eigenvalue weighted by Gasteiger charge is 2.24. The molecule has 2 aromatic heterocycles. The summed E-state index contributed by atoms with van der Waals surface area (Å²) in [5, 5.41) is 4.00. The van der Waals surface area contributed by atoms with E-state index in [9.17, 15) is 4.79 Å². The van der Waals surface area contributed by atoms with Gasteiger partial charge in [-0.05, 0) is 50.1 Å². The summed E-state index contributed by atoms with van der Waals surface area (Å²) < 4.78 is 5.41. The van der Waals surface area contributed by atoms with Crippen molar-refractivity contribution in [3.63, 3.8) is 0 Å². The van der Waals surface area contributed by atoms with E-state index in [1.54, 1.807) is 13.4 Å². The number of hydrogen-bond donors (Lipinski definition) is 1. The van der Waals surface area contributed by atoms with E-state index in [0.29, 0.717) is 16.3 Å². The number of carbonyl (C=O) groups is 1. The minimum absolute atomic E-state index is 0.150. The van der Waals surface area contributed by atoms with Crippen LogP contribution in [0, 0.1) is 13.8 Å². The van der Waals surface area contributed by atoms with Gasteiger partial charge in [-0.3, -0.25) is 9.69 Å². The van der Waals surface area contributed by atoms with Crippen molar-refractivity contribution >= 4 is 39.0 Å². The molecule has 1 N–H and O–H groups in total. The molecule has 0 bridgehead atoms. The minimum atomic E-state index is -0.150. The van der Waals surface area contributed by atoms with Crippen LogP contribution in [0.1, 0.15) is 34.1 Å². The van der Waals surface area contributed by atoms with Gasteiger partial charge >= 0.3 is 0 Å². The quantitative estimate of drug-likeness (QED) is 0.624. The number of benzene rings is 1. The zero-order valence-electron chi connectivity index (χ0n) is 18.6. The van der Waals surface area contributed by atoms with Crippen LogP contribution in [0.3, 0.4) is 0 Å². The predicted octanol–water partition coefficient (Wildman–Crippen LogP) is 4.10. The summed E-state index contributed by atoms with van der Waals surface area (Å²) in [5.74, 6) is 1.42. The largest absolute Gasteiger partial charge is 0.495 e. The number of methoxy groups -OCH3 is 1. The molecule has 31 heavy (non-hydrogen) atoms. The van der Waals surface area contributed by atoms with Crippen LogP contribution < -0.4 is 15.0 Å². The zero-order chi connectivity index (χ0) is 22.0. The van der Waals surface area contributed by atoms with E-state index in [2.05, 4.69) is 32.0 Å². The van der Waals surface area contributed by atoms with Crippen molar-refractivity contribution < 1.29 is 9.53 Å². The smallest absolute Gasteiger partial charge is 0.266 e. The van der Waals surface area contributed by atoms with E-state index >= 15 is 0 Å². The second kappa shape index (κ2) is 9.20. The molecule has 1 saturated heterocycles. The van der Waals surface area contributed by atoms with Crippen LogP contribution in [0.4, 0.5) is 11.5 Å². The lowest BCUT2D eigenvalue weighted by molar-refractivity contribution is 0.102. The molecule has 1 aromatic carbocycles. The number of fused-ring (bicyclic) bond motifs is 1. The number of hydrogen-bond acceptors (Lipinski definition) is 7. The Kier molecular flexibility index (Phi) is 6.38. The molecule has 0 spiro atoms. The highest BCUT2D eigenvalue weighted by Crippen LogP contribution is 2.36. The molecule has 4 rings (SSSR count). The van der Waals surface area contributed by atoms with Crippen LogP contribution in [0.2, 0.25) is 0 Å². The maximum Gasteiger partial charge on any atom is 0.266 e. The van der Waals surface area contributed by atoms with Gasteiger partial charge in [0.05, 0.1) is 23.1 Å². The third kappa shape index (κ3) is 4.36. The third-order valence-corrected chi connectivity index (χ3v) is 6.93. The summed E-state index contributed by atoms with van der Waals surface area (Å²) in [6.45, 7) is 11.3. The molecule has 0 aliphatic carbocycles. The van der Waals surface area contributed by atoms with Crippen molar-refractivity contribution in [2.45, 2.75) is 27.2 Å². The van der Waals surface area contributed by atoms with Gasteiger partial charge in [-0.1, -0.05) is 13.0 Å².